The van der Waals surface area contributed by atoms with Crippen molar-refractivity contribution in [2.75, 3.05) is 6.61 Å². The molecule has 0 aromatic heterocycles. The summed E-state index contributed by atoms with van der Waals surface area (Å²) in [5.74, 6) is 0.316. The van der Waals surface area contributed by atoms with Gasteiger partial charge in [0.25, 0.3) is 0 Å². The molecule has 0 aliphatic heterocycles. The number of rotatable bonds is 7. The van der Waals surface area contributed by atoms with Gasteiger partial charge in [0.1, 0.15) is 0 Å². The fourth-order valence-corrected chi connectivity index (χ4v) is 2.97. The Morgan fingerprint density at radius 3 is 1.79 bits per heavy atom. The van der Waals surface area contributed by atoms with Gasteiger partial charge < -0.3 is 0 Å². The van der Waals surface area contributed by atoms with Gasteiger partial charge in [0.05, 0.1) is 0 Å². The summed E-state index contributed by atoms with van der Waals surface area (Å²) in [6.45, 7) is 25.0. The van der Waals surface area contributed by atoms with Crippen LogP contribution >= 0.6 is 0 Å². The minimum atomic E-state index is -0.259. The van der Waals surface area contributed by atoms with Crippen LogP contribution in [-0.4, -0.2) is 16.7 Å². The maximum atomic E-state index is 12.4. The van der Waals surface area contributed by atoms with Crippen molar-refractivity contribution in [2.24, 2.45) is 5.92 Å². The summed E-state index contributed by atoms with van der Waals surface area (Å²) in [5.41, 5.74) is 0.859. The van der Waals surface area contributed by atoms with Crippen LogP contribution < -0.4 is 0 Å². The molecule has 0 N–H and O–H groups in total. The first-order valence-corrected chi connectivity index (χ1v) is 10.3. The molecule has 34 heavy (non-hydrogen) atoms. The Kier molecular flexibility index (Phi) is 36.0. The number of allylic oxidation sites excluding steroid dienone is 6. The van der Waals surface area contributed by atoms with E-state index in [1.165, 1.54) is 19.4 Å². The van der Waals surface area contributed by atoms with E-state index in [1.54, 1.807) is 6.08 Å². The quantitative estimate of drug-likeness (QED) is 0.196. The predicted molar refractivity (Wildman–Crippen MR) is 112 cm³/mol. The fourth-order valence-electron chi connectivity index (χ4n) is 2.16. The molecule has 0 fully saturated rings. The Labute approximate surface area is 210 Å². The van der Waals surface area contributed by atoms with Gasteiger partial charge in [-0.05, 0) is 0 Å². The average Bonchev–Trinajstić information content (AvgIpc) is 3.19. The van der Waals surface area contributed by atoms with Gasteiger partial charge >= 0.3 is 210 Å². The summed E-state index contributed by atoms with van der Waals surface area (Å²) in [6, 6.07) is 9.61. The third-order valence-corrected chi connectivity index (χ3v) is 4.12. The van der Waals surface area contributed by atoms with Crippen LogP contribution in [-0.2, 0) is 56.9 Å². The number of ether oxygens (including phenoxy) is 2. The van der Waals surface area contributed by atoms with Crippen LogP contribution in [0.1, 0.15) is 18.9 Å². The molecule has 1 aromatic carbocycles. The Morgan fingerprint density at radius 2 is 1.35 bits per heavy atom. The predicted octanol–water partition coefficient (Wildman–Crippen LogP) is 3.78. The first kappa shape index (κ1) is 38.1. The molecule has 1 aromatic rings. The van der Waals surface area contributed by atoms with Gasteiger partial charge in [0.2, 0.25) is 0 Å². The molecule has 0 unspecified atom stereocenters. The van der Waals surface area contributed by atoms with E-state index in [0.29, 0.717) is 18.8 Å². The molecule has 8 nitrogen and oxygen atoms in total. The zero-order chi connectivity index (χ0) is 27.2. The van der Waals surface area contributed by atoms with Crippen LogP contribution in [0, 0.1) is 39.2 Å². The SMILES string of the molecule is CCO[C](=[W])/C=C(\OC(=O)CC1C=CC=CC=C1)c1ccccc1.[C-]#[O+].[C-]#[O+].[C-]#[O+].[C-]#[O+].[C-]#[O+]. The van der Waals surface area contributed by atoms with Crippen LogP contribution in [0.2, 0.25) is 0 Å². The molecule has 0 heterocycles. The van der Waals surface area contributed by atoms with Gasteiger partial charge in [-0.25, -0.2) is 0 Å². The molecule has 1 aliphatic rings. The van der Waals surface area contributed by atoms with E-state index in [2.05, 4.69) is 33.3 Å². The number of carbonyl (C=O) groups is 1. The van der Waals surface area contributed by atoms with E-state index in [9.17, 15) is 4.79 Å². The number of hydrogen-bond donors (Lipinski definition) is 0. The van der Waals surface area contributed by atoms with Crippen molar-refractivity contribution in [3.8, 4) is 0 Å². The third-order valence-electron chi connectivity index (χ3n) is 3.27. The molecular formula is C25H20O8W. The molecule has 0 saturated carbocycles. The van der Waals surface area contributed by atoms with Crippen molar-refractivity contribution in [1.29, 1.82) is 0 Å². The van der Waals surface area contributed by atoms with Crippen molar-refractivity contribution in [3.63, 3.8) is 0 Å². The average molecular weight is 632 g/mol. The summed E-state index contributed by atoms with van der Waals surface area (Å²) in [6.07, 6.45) is 13.9. The van der Waals surface area contributed by atoms with Crippen molar-refractivity contribution in [2.45, 2.75) is 13.3 Å². The van der Waals surface area contributed by atoms with Gasteiger partial charge in [0, 0.05) is 0 Å². The first-order chi connectivity index (χ1) is 16.7. The van der Waals surface area contributed by atoms with Crippen molar-refractivity contribution < 1.29 is 56.9 Å². The molecule has 0 atom stereocenters. The molecule has 1 aliphatic carbocycles. The van der Waals surface area contributed by atoms with E-state index in [0.717, 1.165) is 9.65 Å². The third kappa shape index (κ3) is 20.8. The maximum absolute atomic E-state index is 12.4. The van der Waals surface area contributed by atoms with Crippen LogP contribution in [0.25, 0.3) is 5.76 Å². The number of esters is 1. The van der Waals surface area contributed by atoms with Crippen LogP contribution in [0.3, 0.4) is 0 Å². The summed E-state index contributed by atoms with van der Waals surface area (Å²) in [4.78, 5) is 12.4. The molecule has 0 spiro atoms. The molecule has 174 valence electrons. The summed E-state index contributed by atoms with van der Waals surface area (Å²) in [5, 5.41) is 0. The monoisotopic (exact) mass is 632 g/mol. The van der Waals surface area contributed by atoms with E-state index in [-0.39, 0.29) is 11.9 Å². The second kappa shape index (κ2) is 32.1. The molecule has 0 radical (unpaired) electrons. The van der Waals surface area contributed by atoms with Crippen molar-refractivity contribution in [1.82, 2.24) is 0 Å². The normalized spacial score (nSPS) is 10.5. The molecule has 2 rings (SSSR count). The summed E-state index contributed by atoms with van der Waals surface area (Å²) in [7, 11) is 0. The first-order valence-electron chi connectivity index (χ1n) is 8.87. The Bertz CT molecular complexity index is 849. The van der Waals surface area contributed by atoms with Crippen molar-refractivity contribution in [3.05, 3.63) is 112 Å². The second-order valence-electron chi connectivity index (χ2n) is 5.12. The van der Waals surface area contributed by atoms with E-state index < -0.39 is 0 Å². The molecule has 0 saturated heterocycles. The molecule has 9 heteroatoms. The van der Waals surface area contributed by atoms with E-state index in [1.807, 2.05) is 73.7 Å². The zero-order valence-electron chi connectivity index (χ0n) is 18.1. The molecular weight excluding hydrogens is 612 g/mol. The van der Waals surface area contributed by atoms with Crippen LogP contribution in [0.4, 0.5) is 0 Å². The standard InChI is InChI=1S/C20H20O3.5CO.W/c1-2-22-15-14-19(18-12-8-5-9-13-18)23-20(21)16-17-10-6-3-4-7-11-17;5*1-2;/h3-14,17H,2,16H2,1H3;;;;;;/b19-14-;;;;;;. The van der Waals surface area contributed by atoms with Gasteiger partial charge in [0.15, 0.2) is 0 Å². The Balaban J connectivity index is -0.000000398. The summed E-state index contributed by atoms with van der Waals surface area (Å²) < 4.78 is 49.4. The fraction of sp³-hybridized carbons (Fsp3) is 0.160. The topological polar surface area (TPSA) is 135 Å². The van der Waals surface area contributed by atoms with Gasteiger partial charge in [-0.1, -0.05) is 0 Å². The number of hydrogen-bond acceptors (Lipinski definition) is 3. The molecule has 0 amide bonds. The second-order valence-corrected chi connectivity index (χ2v) is 6.57. The van der Waals surface area contributed by atoms with Gasteiger partial charge in [-0.2, -0.15) is 0 Å². The zero-order valence-corrected chi connectivity index (χ0v) is 21.0. The van der Waals surface area contributed by atoms with Gasteiger partial charge in [-0.15, -0.1) is 0 Å². The Hall–Kier alpha value is -3.13. The Morgan fingerprint density at radius 1 is 0.882 bits per heavy atom. The summed E-state index contributed by atoms with van der Waals surface area (Å²) >= 11 is 1.19. The number of benzene rings is 1. The van der Waals surface area contributed by atoms with E-state index >= 15 is 0 Å². The molecule has 0 bridgehead atoms. The number of carbonyl (C=O) groups excluding carboxylic acids is 1. The van der Waals surface area contributed by atoms with Crippen LogP contribution in [0.15, 0.2) is 72.9 Å². The van der Waals surface area contributed by atoms with Crippen LogP contribution in [0.5, 0.6) is 0 Å². The van der Waals surface area contributed by atoms with Crippen molar-refractivity contribution >= 4 is 15.8 Å². The van der Waals surface area contributed by atoms with E-state index in [4.69, 9.17) is 32.7 Å². The minimum absolute atomic E-state index is 0.0483. The van der Waals surface area contributed by atoms with Gasteiger partial charge in [-0.3, -0.25) is 0 Å².